The summed E-state index contributed by atoms with van der Waals surface area (Å²) in [5, 5.41) is 8.86. The van der Waals surface area contributed by atoms with Crippen molar-refractivity contribution in [2.45, 2.75) is 116 Å². The molecule has 1 atom stereocenters. The van der Waals surface area contributed by atoms with Crippen LogP contribution < -0.4 is 0 Å². The summed E-state index contributed by atoms with van der Waals surface area (Å²) < 4.78 is 5.97. The van der Waals surface area contributed by atoms with E-state index >= 15 is 0 Å². The van der Waals surface area contributed by atoms with Crippen LogP contribution in [0, 0.1) is 0 Å². The number of hydrogen-bond donors (Lipinski definition) is 1. The van der Waals surface area contributed by atoms with Crippen molar-refractivity contribution in [2.75, 3.05) is 21.1 Å². The average molecular weight is 427 g/mol. The van der Waals surface area contributed by atoms with Gasteiger partial charge in [0.05, 0.1) is 27.6 Å². The van der Waals surface area contributed by atoms with Gasteiger partial charge in [0.25, 0.3) is 0 Å². The number of allylic oxidation sites excluding steroid dienone is 2. The monoisotopic (exact) mass is 426 g/mol. The van der Waals surface area contributed by atoms with Crippen LogP contribution in [0.2, 0.25) is 0 Å². The maximum Gasteiger partial charge on any atom is 0.310 e. The Morgan fingerprint density at radius 2 is 1.30 bits per heavy atom. The Morgan fingerprint density at radius 3 is 1.80 bits per heavy atom. The summed E-state index contributed by atoms with van der Waals surface area (Å²) in [6, 6.07) is 0. The van der Waals surface area contributed by atoms with Gasteiger partial charge >= 0.3 is 11.9 Å². The van der Waals surface area contributed by atoms with Crippen LogP contribution in [0.5, 0.6) is 0 Å². The van der Waals surface area contributed by atoms with Crippen LogP contribution in [-0.4, -0.2) is 48.9 Å². The molecule has 0 heterocycles. The molecule has 0 aromatic heterocycles. The molecule has 0 unspecified atom stereocenters. The molecule has 0 amide bonds. The van der Waals surface area contributed by atoms with E-state index in [1.54, 1.807) is 0 Å². The van der Waals surface area contributed by atoms with Crippen molar-refractivity contribution in [1.82, 2.24) is 0 Å². The predicted molar refractivity (Wildman–Crippen MR) is 124 cm³/mol. The first-order valence-electron chi connectivity index (χ1n) is 12.1. The highest BCUT2D eigenvalue weighted by Crippen LogP contribution is 2.15. The molecule has 5 heteroatoms. The molecule has 30 heavy (non-hydrogen) atoms. The van der Waals surface area contributed by atoms with Crippen molar-refractivity contribution in [2.24, 2.45) is 0 Å². The van der Waals surface area contributed by atoms with Gasteiger partial charge < -0.3 is 9.84 Å². The van der Waals surface area contributed by atoms with Crippen LogP contribution in [0.4, 0.5) is 0 Å². The zero-order valence-corrected chi connectivity index (χ0v) is 20.2. The second-order valence-electron chi connectivity index (χ2n) is 9.33. The summed E-state index contributed by atoms with van der Waals surface area (Å²) in [5.74, 6) is -1.07. The Labute approximate surface area is 185 Å². The van der Waals surface area contributed by atoms with Gasteiger partial charge in [0.15, 0.2) is 0 Å². The SMILES string of the molecule is CCCCCCCC/C=C\CCCCCCCC(=O)O[C@@H](CCC(=O)O)[N+](C)(C)C. The Morgan fingerprint density at radius 1 is 0.800 bits per heavy atom. The van der Waals surface area contributed by atoms with Gasteiger partial charge in [-0.15, -0.1) is 0 Å². The number of esters is 1. The van der Waals surface area contributed by atoms with Crippen molar-refractivity contribution in [3.63, 3.8) is 0 Å². The molecule has 176 valence electrons. The normalized spacial score (nSPS) is 12.9. The minimum Gasteiger partial charge on any atom is -0.481 e. The van der Waals surface area contributed by atoms with Gasteiger partial charge in [-0.25, -0.2) is 0 Å². The molecule has 0 aliphatic carbocycles. The number of aliphatic carboxylic acids is 1. The quantitative estimate of drug-likeness (QED) is 0.0797. The lowest BCUT2D eigenvalue weighted by molar-refractivity contribution is -0.917. The molecule has 5 nitrogen and oxygen atoms in total. The van der Waals surface area contributed by atoms with Crippen LogP contribution in [0.25, 0.3) is 0 Å². The molecule has 0 radical (unpaired) electrons. The third-order valence-electron chi connectivity index (χ3n) is 5.38. The summed E-state index contributed by atoms with van der Waals surface area (Å²) in [7, 11) is 5.76. The molecular weight excluding hydrogens is 378 g/mol. The predicted octanol–water partition coefficient (Wildman–Crippen LogP) is 6.46. The Bertz CT molecular complexity index is 468. The zero-order chi connectivity index (χ0) is 22.7. The van der Waals surface area contributed by atoms with Crippen LogP contribution in [-0.2, 0) is 14.3 Å². The smallest absolute Gasteiger partial charge is 0.310 e. The number of ether oxygens (including phenoxy) is 1. The number of carboxylic acids is 1. The number of hydrogen-bond acceptors (Lipinski definition) is 3. The van der Waals surface area contributed by atoms with Crippen molar-refractivity contribution < 1.29 is 23.9 Å². The number of quaternary nitrogens is 1. The molecule has 0 aliphatic heterocycles. The minimum atomic E-state index is -0.859. The number of unbranched alkanes of at least 4 members (excludes halogenated alkanes) is 11. The van der Waals surface area contributed by atoms with Gasteiger partial charge in [-0.2, -0.15) is 0 Å². The highest BCUT2D eigenvalue weighted by molar-refractivity contribution is 5.69. The number of rotatable bonds is 20. The number of nitrogens with zero attached hydrogens (tertiary/aromatic N) is 1. The van der Waals surface area contributed by atoms with E-state index in [1.165, 1.54) is 57.8 Å². The lowest BCUT2D eigenvalue weighted by atomic mass is 10.1. The van der Waals surface area contributed by atoms with Gasteiger partial charge in [-0.3, -0.25) is 14.1 Å². The van der Waals surface area contributed by atoms with Crippen LogP contribution >= 0.6 is 0 Å². The molecule has 0 aliphatic rings. The number of carbonyl (C=O) groups excluding carboxylic acids is 1. The largest absolute Gasteiger partial charge is 0.481 e. The average Bonchev–Trinajstić information content (AvgIpc) is 2.67. The molecule has 0 spiro atoms. The first kappa shape index (κ1) is 28.6. The topological polar surface area (TPSA) is 63.6 Å². The van der Waals surface area contributed by atoms with Crippen LogP contribution in [0.3, 0.4) is 0 Å². The van der Waals surface area contributed by atoms with Gasteiger partial charge in [-0.1, -0.05) is 70.4 Å². The molecular formula is C25H48NO4+. The first-order chi connectivity index (χ1) is 14.3. The standard InChI is InChI=1S/C25H47NO4/c1-5-6-7-8-9-10-11-12-13-14-15-16-17-18-19-20-25(29)30-23(26(2,3)4)21-22-24(27)28/h12-13,23H,5-11,14-22H2,1-4H3/p+1/b13-12-/t23-/m0/s1. The molecule has 0 fully saturated rings. The summed E-state index contributed by atoms with van der Waals surface area (Å²) in [6.07, 6.45) is 21.0. The molecule has 0 bridgehead atoms. The fourth-order valence-corrected chi connectivity index (χ4v) is 3.40. The lowest BCUT2D eigenvalue weighted by Gasteiger charge is -2.32. The van der Waals surface area contributed by atoms with Gasteiger partial charge in [0.2, 0.25) is 6.23 Å². The maximum absolute atomic E-state index is 12.1. The second-order valence-corrected chi connectivity index (χ2v) is 9.33. The summed E-state index contributed by atoms with van der Waals surface area (Å²) in [5.41, 5.74) is 0. The van der Waals surface area contributed by atoms with Crippen molar-refractivity contribution in [3.8, 4) is 0 Å². The molecule has 0 rings (SSSR count). The van der Waals surface area contributed by atoms with Crippen LogP contribution in [0.15, 0.2) is 12.2 Å². The highest BCUT2D eigenvalue weighted by Gasteiger charge is 2.28. The van der Waals surface area contributed by atoms with E-state index in [1.807, 2.05) is 21.1 Å². The van der Waals surface area contributed by atoms with Crippen molar-refractivity contribution in [3.05, 3.63) is 12.2 Å². The fourth-order valence-electron chi connectivity index (χ4n) is 3.40. The summed E-state index contributed by atoms with van der Waals surface area (Å²) >= 11 is 0. The van der Waals surface area contributed by atoms with Gasteiger partial charge in [0, 0.05) is 12.8 Å². The van der Waals surface area contributed by atoms with E-state index < -0.39 is 12.2 Å². The molecule has 0 aromatic carbocycles. The Hall–Kier alpha value is -1.36. The van der Waals surface area contributed by atoms with Crippen molar-refractivity contribution >= 4 is 11.9 Å². The van der Waals surface area contributed by atoms with E-state index in [9.17, 15) is 9.59 Å². The van der Waals surface area contributed by atoms with Crippen molar-refractivity contribution in [1.29, 1.82) is 0 Å². The van der Waals surface area contributed by atoms with E-state index in [0.717, 1.165) is 25.7 Å². The maximum atomic E-state index is 12.1. The Kier molecular flexibility index (Phi) is 17.6. The first-order valence-corrected chi connectivity index (χ1v) is 12.1. The second kappa shape index (κ2) is 18.4. The fraction of sp³-hybridized carbons (Fsp3) is 0.840. The summed E-state index contributed by atoms with van der Waals surface area (Å²) in [4.78, 5) is 22.9. The van der Waals surface area contributed by atoms with E-state index in [-0.39, 0.29) is 12.4 Å². The summed E-state index contributed by atoms with van der Waals surface area (Å²) in [6.45, 7) is 2.26. The molecule has 0 saturated heterocycles. The number of carboxylic acid groups (broad SMARTS) is 1. The minimum absolute atomic E-state index is 0.0148. The number of carbonyl (C=O) groups is 2. The lowest BCUT2D eigenvalue weighted by Crippen LogP contribution is -2.47. The van der Waals surface area contributed by atoms with Crippen LogP contribution in [0.1, 0.15) is 110 Å². The molecule has 0 aromatic rings. The van der Waals surface area contributed by atoms with E-state index in [4.69, 9.17) is 9.84 Å². The zero-order valence-electron chi connectivity index (χ0n) is 20.2. The van der Waals surface area contributed by atoms with Gasteiger partial charge in [0.1, 0.15) is 0 Å². The Balaban J connectivity index is 3.65. The van der Waals surface area contributed by atoms with E-state index in [0.29, 0.717) is 17.3 Å². The van der Waals surface area contributed by atoms with E-state index in [2.05, 4.69) is 19.1 Å². The van der Waals surface area contributed by atoms with Gasteiger partial charge in [-0.05, 0) is 32.1 Å². The molecule has 0 saturated carbocycles. The highest BCUT2D eigenvalue weighted by atomic mass is 16.6. The molecule has 1 N–H and O–H groups in total. The third kappa shape index (κ3) is 18.7. The third-order valence-corrected chi connectivity index (χ3v) is 5.38.